The Balaban J connectivity index is 1.82. The molecule has 1 aromatic carbocycles. The molecule has 0 aromatic heterocycles. The Morgan fingerprint density at radius 3 is 2.57 bits per heavy atom. The highest BCUT2D eigenvalue weighted by molar-refractivity contribution is 6.31. The number of rotatable bonds is 3. The summed E-state index contributed by atoms with van der Waals surface area (Å²) in [6.45, 7) is 0.0171. The van der Waals surface area contributed by atoms with Gasteiger partial charge in [-0.15, -0.1) is 0 Å². The van der Waals surface area contributed by atoms with Crippen LogP contribution in [0.15, 0.2) is 18.2 Å². The molecule has 1 N–H and O–H groups in total. The fourth-order valence-electron chi connectivity index (χ4n) is 2.64. The topological polar surface area (TPSA) is 92.6 Å². The Kier molecular flexibility index (Phi) is 3.09. The number of carbonyl (C=O) groups excluding carboxylic acids is 2. The lowest BCUT2D eigenvalue weighted by Gasteiger charge is -2.34. The van der Waals surface area contributed by atoms with Crippen LogP contribution in [0, 0.1) is 10.1 Å². The highest BCUT2D eigenvalue weighted by atomic mass is 35.5. The molecule has 1 spiro atoms. The zero-order valence-corrected chi connectivity index (χ0v) is 11.7. The normalized spacial score (nSPS) is 19.6. The molecule has 0 bridgehead atoms. The second kappa shape index (κ2) is 4.70. The highest BCUT2D eigenvalue weighted by Gasteiger charge is 2.54. The minimum atomic E-state index is -0.732. The number of urea groups is 1. The standard InChI is InChI=1S/C13H12ClN3O4/c14-10-6-9(17(20)21)3-2-8(10)7-16-11(18)13(4-1-5-13)15-12(16)19/h2-3,6H,1,4-5,7H2,(H,15,19). The van der Waals surface area contributed by atoms with Gasteiger partial charge >= 0.3 is 6.03 Å². The van der Waals surface area contributed by atoms with E-state index in [1.807, 2.05) is 0 Å². The van der Waals surface area contributed by atoms with Crippen LogP contribution in [0.4, 0.5) is 10.5 Å². The van der Waals surface area contributed by atoms with Crippen LogP contribution in [-0.2, 0) is 11.3 Å². The minimum Gasteiger partial charge on any atom is -0.323 e. The summed E-state index contributed by atoms with van der Waals surface area (Å²) in [4.78, 5) is 35.5. The zero-order valence-electron chi connectivity index (χ0n) is 11.0. The zero-order chi connectivity index (χ0) is 15.2. The molecular weight excluding hydrogens is 298 g/mol. The Labute approximate surface area is 125 Å². The molecule has 1 heterocycles. The lowest BCUT2D eigenvalue weighted by atomic mass is 9.77. The van der Waals surface area contributed by atoms with E-state index in [1.165, 1.54) is 18.2 Å². The van der Waals surface area contributed by atoms with Crippen molar-refractivity contribution in [3.63, 3.8) is 0 Å². The Hall–Kier alpha value is -2.15. The molecule has 1 aliphatic carbocycles. The van der Waals surface area contributed by atoms with E-state index in [-0.39, 0.29) is 23.2 Å². The Morgan fingerprint density at radius 2 is 2.10 bits per heavy atom. The number of benzene rings is 1. The molecule has 1 aliphatic heterocycles. The van der Waals surface area contributed by atoms with E-state index in [0.717, 1.165) is 11.3 Å². The summed E-state index contributed by atoms with van der Waals surface area (Å²) in [6.07, 6.45) is 2.22. The van der Waals surface area contributed by atoms with E-state index >= 15 is 0 Å². The molecule has 3 amide bonds. The number of nitro benzene ring substituents is 1. The Morgan fingerprint density at radius 1 is 1.38 bits per heavy atom. The number of imide groups is 1. The molecule has 8 heteroatoms. The van der Waals surface area contributed by atoms with E-state index in [4.69, 9.17) is 11.6 Å². The third-order valence-corrected chi connectivity index (χ3v) is 4.38. The summed E-state index contributed by atoms with van der Waals surface area (Å²) in [6, 6.07) is 3.55. The molecule has 3 rings (SSSR count). The van der Waals surface area contributed by atoms with Gasteiger partial charge in [0.05, 0.1) is 16.5 Å². The molecule has 1 saturated carbocycles. The summed E-state index contributed by atoms with van der Waals surface area (Å²) >= 11 is 5.99. The summed E-state index contributed by atoms with van der Waals surface area (Å²) < 4.78 is 0. The van der Waals surface area contributed by atoms with Gasteiger partial charge in [-0.1, -0.05) is 11.6 Å². The van der Waals surface area contributed by atoms with Crippen LogP contribution in [0.3, 0.4) is 0 Å². The molecule has 7 nitrogen and oxygen atoms in total. The van der Waals surface area contributed by atoms with Gasteiger partial charge in [0.2, 0.25) is 0 Å². The van der Waals surface area contributed by atoms with Gasteiger partial charge in [0.15, 0.2) is 0 Å². The molecule has 2 aliphatic rings. The van der Waals surface area contributed by atoms with Crippen LogP contribution < -0.4 is 5.32 Å². The lowest BCUT2D eigenvalue weighted by Crippen LogP contribution is -2.52. The second-order valence-corrected chi connectivity index (χ2v) is 5.70. The number of nitrogens with one attached hydrogen (secondary N) is 1. The number of nitro groups is 1. The summed E-state index contributed by atoms with van der Waals surface area (Å²) in [5.41, 5.74) is -0.358. The van der Waals surface area contributed by atoms with Crippen LogP contribution in [0.1, 0.15) is 24.8 Å². The first-order chi connectivity index (χ1) is 9.93. The third kappa shape index (κ3) is 2.13. The first kappa shape index (κ1) is 13.8. The summed E-state index contributed by atoms with van der Waals surface area (Å²) in [7, 11) is 0. The number of amides is 3. The van der Waals surface area contributed by atoms with E-state index in [9.17, 15) is 19.7 Å². The van der Waals surface area contributed by atoms with Crippen molar-refractivity contribution in [1.29, 1.82) is 0 Å². The molecule has 0 atom stereocenters. The van der Waals surface area contributed by atoms with Gasteiger partial charge in [-0.05, 0) is 30.9 Å². The van der Waals surface area contributed by atoms with Crippen LogP contribution in [0.25, 0.3) is 0 Å². The first-order valence-corrected chi connectivity index (χ1v) is 6.88. The van der Waals surface area contributed by atoms with Crippen molar-refractivity contribution in [1.82, 2.24) is 10.2 Å². The molecule has 1 saturated heterocycles. The molecule has 0 unspecified atom stereocenters. The highest BCUT2D eigenvalue weighted by Crippen LogP contribution is 2.38. The maximum Gasteiger partial charge on any atom is 0.325 e. The fraction of sp³-hybridized carbons (Fsp3) is 0.385. The average Bonchev–Trinajstić information content (AvgIpc) is 2.64. The lowest BCUT2D eigenvalue weighted by molar-refractivity contribution is -0.384. The van der Waals surface area contributed by atoms with Crippen LogP contribution in [0.5, 0.6) is 0 Å². The number of hydrogen-bond acceptors (Lipinski definition) is 4. The van der Waals surface area contributed by atoms with E-state index in [2.05, 4.69) is 5.32 Å². The van der Waals surface area contributed by atoms with Gasteiger partial charge in [0, 0.05) is 12.1 Å². The van der Waals surface area contributed by atoms with Gasteiger partial charge in [-0.2, -0.15) is 0 Å². The van der Waals surface area contributed by atoms with Gasteiger partial charge < -0.3 is 5.32 Å². The molecule has 2 fully saturated rings. The van der Waals surface area contributed by atoms with E-state index in [0.29, 0.717) is 18.4 Å². The van der Waals surface area contributed by atoms with Crippen molar-refractivity contribution in [2.75, 3.05) is 0 Å². The molecular formula is C13H12ClN3O4. The number of nitrogens with zero attached hydrogens (tertiary/aromatic N) is 2. The van der Waals surface area contributed by atoms with Crippen molar-refractivity contribution in [2.24, 2.45) is 0 Å². The smallest absolute Gasteiger partial charge is 0.323 e. The van der Waals surface area contributed by atoms with E-state index < -0.39 is 16.5 Å². The van der Waals surface area contributed by atoms with Gasteiger partial charge in [0.25, 0.3) is 11.6 Å². The summed E-state index contributed by atoms with van der Waals surface area (Å²) in [5, 5.41) is 13.6. The minimum absolute atomic E-state index is 0.0171. The van der Waals surface area contributed by atoms with Crippen LogP contribution in [0.2, 0.25) is 5.02 Å². The molecule has 110 valence electrons. The van der Waals surface area contributed by atoms with Crippen molar-refractivity contribution in [3.05, 3.63) is 38.9 Å². The SMILES string of the molecule is O=C1NC2(CCC2)C(=O)N1Cc1ccc([N+](=O)[O-])cc1Cl. The number of carbonyl (C=O) groups is 2. The van der Waals surface area contributed by atoms with Crippen molar-refractivity contribution < 1.29 is 14.5 Å². The average molecular weight is 310 g/mol. The van der Waals surface area contributed by atoms with Gasteiger partial charge in [-0.3, -0.25) is 19.8 Å². The van der Waals surface area contributed by atoms with E-state index in [1.54, 1.807) is 0 Å². The fourth-order valence-corrected chi connectivity index (χ4v) is 2.87. The van der Waals surface area contributed by atoms with Crippen molar-refractivity contribution in [2.45, 2.75) is 31.3 Å². The quantitative estimate of drug-likeness (QED) is 0.526. The molecule has 21 heavy (non-hydrogen) atoms. The molecule has 0 radical (unpaired) electrons. The maximum atomic E-state index is 12.3. The summed E-state index contributed by atoms with van der Waals surface area (Å²) in [5.74, 6) is -0.242. The maximum absolute atomic E-state index is 12.3. The molecule has 1 aromatic rings. The third-order valence-electron chi connectivity index (χ3n) is 4.03. The first-order valence-electron chi connectivity index (χ1n) is 6.50. The monoisotopic (exact) mass is 309 g/mol. The van der Waals surface area contributed by atoms with Gasteiger partial charge in [-0.25, -0.2) is 4.79 Å². The Bertz CT molecular complexity index is 657. The number of non-ortho nitro benzene ring substituents is 1. The van der Waals surface area contributed by atoms with Crippen LogP contribution in [-0.4, -0.2) is 27.3 Å². The predicted molar refractivity (Wildman–Crippen MR) is 73.8 cm³/mol. The van der Waals surface area contributed by atoms with Gasteiger partial charge in [0.1, 0.15) is 5.54 Å². The second-order valence-electron chi connectivity index (χ2n) is 5.29. The largest absolute Gasteiger partial charge is 0.325 e. The van der Waals surface area contributed by atoms with Crippen LogP contribution >= 0.6 is 11.6 Å². The van der Waals surface area contributed by atoms with Crippen molar-refractivity contribution in [3.8, 4) is 0 Å². The number of hydrogen-bond donors (Lipinski definition) is 1. The number of halogens is 1. The predicted octanol–water partition coefficient (Wildman–Crippen LogP) is 2.22. The van der Waals surface area contributed by atoms with Crippen molar-refractivity contribution >= 4 is 29.2 Å².